The van der Waals surface area contributed by atoms with Gasteiger partial charge in [0.05, 0.1) is 5.69 Å². The first-order valence-electron chi connectivity index (χ1n) is 6.47. The van der Waals surface area contributed by atoms with Crippen molar-refractivity contribution in [2.24, 2.45) is 0 Å². The molecule has 0 heterocycles. The lowest BCUT2D eigenvalue weighted by atomic mass is 10.1. The van der Waals surface area contributed by atoms with E-state index >= 15 is 0 Å². The molecule has 0 spiro atoms. The van der Waals surface area contributed by atoms with E-state index in [0.717, 1.165) is 12.0 Å². The number of hydrogen-bond acceptors (Lipinski definition) is 1. The van der Waals surface area contributed by atoms with Crippen LogP contribution >= 0.6 is 0 Å². The Kier molecular flexibility index (Phi) is 4.71. The maximum Gasteiger partial charge on any atom is 0.321 e. The van der Waals surface area contributed by atoms with Crippen LogP contribution < -0.4 is 5.32 Å². The van der Waals surface area contributed by atoms with Crippen LogP contribution in [0.3, 0.4) is 0 Å². The molecule has 0 saturated carbocycles. The predicted octanol–water partition coefficient (Wildman–Crippen LogP) is 3.53. The van der Waals surface area contributed by atoms with Crippen LogP contribution in [0.25, 0.3) is 0 Å². The number of urea groups is 1. The third-order valence-corrected chi connectivity index (χ3v) is 3.04. The molecule has 0 aliphatic heterocycles. The Labute approximate surface area is 118 Å². The lowest BCUT2D eigenvalue weighted by molar-refractivity contribution is 0.223. The first-order chi connectivity index (χ1) is 9.66. The molecule has 0 atom stereocenters. The second-order valence-corrected chi connectivity index (χ2v) is 4.57. The molecule has 104 valence electrons. The highest BCUT2D eigenvalue weighted by Crippen LogP contribution is 2.13. The summed E-state index contributed by atoms with van der Waals surface area (Å²) in [6, 6.07) is 15.7. The SMILES string of the molecule is CN(CCc1ccccc1)C(=O)Nc1ccccc1F. The summed E-state index contributed by atoms with van der Waals surface area (Å²) in [5.41, 5.74) is 1.36. The van der Waals surface area contributed by atoms with E-state index in [1.54, 1.807) is 24.1 Å². The van der Waals surface area contributed by atoms with Gasteiger partial charge in [0.25, 0.3) is 0 Å². The van der Waals surface area contributed by atoms with E-state index < -0.39 is 5.82 Å². The maximum absolute atomic E-state index is 13.4. The largest absolute Gasteiger partial charge is 0.327 e. The van der Waals surface area contributed by atoms with Gasteiger partial charge in [0.2, 0.25) is 0 Å². The standard InChI is InChI=1S/C16H17FN2O/c1-19(12-11-13-7-3-2-4-8-13)16(20)18-15-10-6-5-9-14(15)17/h2-10H,11-12H2,1H3,(H,18,20). The number of halogens is 1. The summed E-state index contributed by atoms with van der Waals surface area (Å²) >= 11 is 0. The molecule has 0 radical (unpaired) electrons. The average Bonchev–Trinajstić information content (AvgIpc) is 2.48. The minimum Gasteiger partial charge on any atom is -0.327 e. The number of nitrogens with one attached hydrogen (secondary N) is 1. The summed E-state index contributed by atoms with van der Waals surface area (Å²) in [7, 11) is 1.69. The van der Waals surface area contributed by atoms with Gasteiger partial charge in [-0.25, -0.2) is 9.18 Å². The molecular formula is C16H17FN2O. The molecule has 2 aromatic carbocycles. The summed E-state index contributed by atoms with van der Waals surface area (Å²) in [4.78, 5) is 13.5. The minimum absolute atomic E-state index is 0.198. The second-order valence-electron chi connectivity index (χ2n) is 4.57. The number of carbonyl (C=O) groups is 1. The van der Waals surface area contributed by atoms with Crippen molar-refractivity contribution in [3.63, 3.8) is 0 Å². The quantitative estimate of drug-likeness (QED) is 0.907. The van der Waals surface area contributed by atoms with Gasteiger partial charge in [-0.1, -0.05) is 42.5 Å². The van der Waals surface area contributed by atoms with E-state index in [1.165, 1.54) is 12.1 Å². The summed E-state index contributed by atoms with van der Waals surface area (Å²) in [6.45, 7) is 0.574. The van der Waals surface area contributed by atoms with Gasteiger partial charge in [0, 0.05) is 13.6 Å². The van der Waals surface area contributed by atoms with Gasteiger partial charge in [-0.3, -0.25) is 0 Å². The average molecular weight is 272 g/mol. The molecule has 0 aliphatic carbocycles. The fourth-order valence-corrected chi connectivity index (χ4v) is 1.82. The molecule has 4 heteroatoms. The van der Waals surface area contributed by atoms with E-state index in [0.29, 0.717) is 6.54 Å². The highest BCUT2D eigenvalue weighted by atomic mass is 19.1. The third kappa shape index (κ3) is 3.82. The molecule has 1 N–H and O–H groups in total. The Morgan fingerprint density at radius 3 is 2.45 bits per heavy atom. The van der Waals surface area contributed by atoms with E-state index in [9.17, 15) is 9.18 Å². The Morgan fingerprint density at radius 2 is 1.75 bits per heavy atom. The fourth-order valence-electron chi connectivity index (χ4n) is 1.82. The topological polar surface area (TPSA) is 32.3 Å². The third-order valence-electron chi connectivity index (χ3n) is 3.04. The van der Waals surface area contributed by atoms with E-state index in [-0.39, 0.29) is 11.7 Å². The number of amides is 2. The number of para-hydroxylation sites is 1. The van der Waals surface area contributed by atoms with Crippen molar-refractivity contribution < 1.29 is 9.18 Å². The number of nitrogens with zero attached hydrogens (tertiary/aromatic N) is 1. The van der Waals surface area contributed by atoms with E-state index in [2.05, 4.69) is 5.32 Å². The van der Waals surface area contributed by atoms with E-state index in [4.69, 9.17) is 0 Å². The van der Waals surface area contributed by atoms with Crippen LogP contribution in [0, 0.1) is 5.82 Å². The Hall–Kier alpha value is -2.36. The van der Waals surface area contributed by atoms with Gasteiger partial charge < -0.3 is 10.2 Å². The molecule has 2 aromatic rings. The van der Waals surface area contributed by atoms with Crippen LogP contribution in [0.2, 0.25) is 0 Å². The highest BCUT2D eigenvalue weighted by molar-refractivity contribution is 5.89. The zero-order valence-corrected chi connectivity index (χ0v) is 11.3. The monoisotopic (exact) mass is 272 g/mol. The van der Waals surface area contributed by atoms with Crippen molar-refractivity contribution in [2.75, 3.05) is 18.9 Å². The molecule has 2 rings (SSSR count). The molecule has 20 heavy (non-hydrogen) atoms. The Balaban J connectivity index is 1.88. The first-order valence-corrected chi connectivity index (χ1v) is 6.47. The molecule has 2 amide bonds. The fraction of sp³-hybridized carbons (Fsp3) is 0.188. The number of carbonyl (C=O) groups excluding carboxylic acids is 1. The summed E-state index contributed by atoms with van der Waals surface area (Å²) in [6.07, 6.45) is 0.766. The number of likely N-dealkylation sites (N-methyl/N-ethyl adjacent to an activating group) is 1. The predicted molar refractivity (Wildman–Crippen MR) is 78.2 cm³/mol. The van der Waals surface area contributed by atoms with Crippen LogP contribution in [0.15, 0.2) is 54.6 Å². The molecule has 0 fully saturated rings. The first kappa shape index (κ1) is 14.1. The smallest absolute Gasteiger partial charge is 0.321 e. The Bertz CT molecular complexity index is 572. The van der Waals surface area contributed by atoms with Gasteiger partial charge in [-0.05, 0) is 24.1 Å². The summed E-state index contributed by atoms with van der Waals surface area (Å²) < 4.78 is 13.4. The maximum atomic E-state index is 13.4. The molecule has 0 aromatic heterocycles. The number of anilines is 1. The van der Waals surface area contributed by atoms with E-state index in [1.807, 2.05) is 30.3 Å². The lowest BCUT2D eigenvalue weighted by Crippen LogP contribution is -2.33. The van der Waals surface area contributed by atoms with Crippen molar-refractivity contribution in [3.05, 3.63) is 66.0 Å². The number of rotatable bonds is 4. The molecule has 0 unspecified atom stereocenters. The highest BCUT2D eigenvalue weighted by Gasteiger charge is 2.10. The van der Waals surface area contributed by atoms with Gasteiger partial charge in [0.1, 0.15) is 5.82 Å². The van der Waals surface area contributed by atoms with Gasteiger partial charge in [-0.15, -0.1) is 0 Å². The Morgan fingerprint density at radius 1 is 1.10 bits per heavy atom. The van der Waals surface area contributed by atoms with Crippen molar-refractivity contribution in [2.45, 2.75) is 6.42 Å². The summed E-state index contributed by atoms with van der Waals surface area (Å²) in [5.74, 6) is -0.433. The zero-order valence-electron chi connectivity index (χ0n) is 11.3. The summed E-state index contributed by atoms with van der Waals surface area (Å²) in [5, 5.41) is 2.56. The normalized spacial score (nSPS) is 10.1. The molecular weight excluding hydrogens is 255 g/mol. The van der Waals surface area contributed by atoms with Gasteiger partial charge in [-0.2, -0.15) is 0 Å². The lowest BCUT2D eigenvalue weighted by Gasteiger charge is -2.18. The van der Waals surface area contributed by atoms with Crippen LogP contribution in [-0.2, 0) is 6.42 Å². The van der Waals surface area contributed by atoms with Crippen molar-refractivity contribution >= 4 is 11.7 Å². The van der Waals surface area contributed by atoms with Crippen LogP contribution in [0.4, 0.5) is 14.9 Å². The van der Waals surface area contributed by atoms with Crippen LogP contribution in [-0.4, -0.2) is 24.5 Å². The molecule has 0 saturated heterocycles. The molecule has 3 nitrogen and oxygen atoms in total. The van der Waals surface area contributed by atoms with Gasteiger partial charge >= 0.3 is 6.03 Å². The number of hydrogen-bond donors (Lipinski definition) is 1. The van der Waals surface area contributed by atoms with Crippen molar-refractivity contribution in [1.82, 2.24) is 4.90 Å². The van der Waals surface area contributed by atoms with Crippen LogP contribution in [0.1, 0.15) is 5.56 Å². The zero-order chi connectivity index (χ0) is 14.4. The number of benzene rings is 2. The second kappa shape index (κ2) is 6.70. The molecule has 0 bridgehead atoms. The van der Waals surface area contributed by atoms with Crippen LogP contribution in [0.5, 0.6) is 0 Å². The van der Waals surface area contributed by atoms with Crippen molar-refractivity contribution in [3.8, 4) is 0 Å². The van der Waals surface area contributed by atoms with Crippen molar-refractivity contribution in [1.29, 1.82) is 0 Å². The van der Waals surface area contributed by atoms with Gasteiger partial charge in [0.15, 0.2) is 0 Å². The molecule has 0 aliphatic rings. The minimum atomic E-state index is -0.433.